The molecular weight excluding hydrogens is 244 g/mol. The Morgan fingerprint density at radius 2 is 1.80 bits per heavy atom. The highest BCUT2D eigenvalue weighted by atomic mass is 16.3. The molecule has 1 atom stereocenters. The fourth-order valence-corrected chi connectivity index (χ4v) is 2.64. The number of benzene rings is 1. The summed E-state index contributed by atoms with van der Waals surface area (Å²) in [6, 6.07) is 10.3. The van der Waals surface area contributed by atoms with E-state index in [0.717, 1.165) is 25.7 Å². The molecule has 0 aliphatic heterocycles. The molecule has 1 fully saturated rings. The minimum atomic E-state index is -0.487. The first kappa shape index (κ1) is 14.7. The summed E-state index contributed by atoms with van der Waals surface area (Å²) < 4.78 is 0. The Morgan fingerprint density at radius 3 is 2.55 bits per heavy atom. The first-order valence-electron chi connectivity index (χ1n) is 7.56. The zero-order valence-corrected chi connectivity index (χ0v) is 11.9. The van der Waals surface area contributed by atoms with E-state index in [0.29, 0.717) is 5.92 Å². The molecule has 0 aromatic heterocycles. The molecule has 2 rings (SSSR count). The third-order valence-electron chi connectivity index (χ3n) is 3.85. The maximum atomic E-state index is 9.97. The largest absolute Gasteiger partial charge is 0.380 e. The highest BCUT2D eigenvalue weighted by molar-refractivity contribution is 5.28. The topological polar surface area (TPSA) is 20.2 Å². The van der Waals surface area contributed by atoms with Crippen molar-refractivity contribution < 1.29 is 5.11 Å². The molecule has 1 aromatic carbocycles. The van der Waals surface area contributed by atoms with Crippen LogP contribution in [0.2, 0.25) is 0 Å². The van der Waals surface area contributed by atoms with E-state index in [1.807, 2.05) is 18.2 Å². The van der Waals surface area contributed by atoms with Gasteiger partial charge in [0, 0.05) is 6.42 Å². The first-order valence-corrected chi connectivity index (χ1v) is 7.56. The average molecular weight is 266 g/mol. The summed E-state index contributed by atoms with van der Waals surface area (Å²) >= 11 is 0. The average Bonchev–Trinajstić information content (AvgIpc) is 2.52. The number of aliphatic hydroxyl groups excluding tert-OH is 1. The van der Waals surface area contributed by atoms with E-state index in [2.05, 4.69) is 35.8 Å². The standard InChI is InChI=1S/C19H22O/c20-19(18-14-8-4-9-15-18)16-10-2-1-5-11-17-12-6-3-7-13-17/h3,6-7,12-13,18-20H,4-5,8-9,11,14-15H2/t19-/m0/s1. The van der Waals surface area contributed by atoms with Crippen LogP contribution in [0, 0.1) is 29.6 Å². The molecule has 1 nitrogen and oxygen atoms in total. The summed E-state index contributed by atoms with van der Waals surface area (Å²) in [6.45, 7) is 0. The van der Waals surface area contributed by atoms with Crippen LogP contribution in [-0.2, 0) is 6.42 Å². The molecule has 0 radical (unpaired) electrons. The molecule has 0 heterocycles. The number of aryl methyl sites for hydroxylation is 1. The van der Waals surface area contributed by atoms with Crippen LogP contribution >= 0.6 is 0 Å². The monoisotopic (exact) mass is 266 g/mol. The number of hydrogen-bond acceptors (Lipinski definition) is 1. The van der Waals surface area contributed by atoms with E-state index in [4.69, 9.17) is 0 Å². The third kappa shape index (κ3) is 5.12. The molecule has 0 saturated heterocycles. The van der Waals surface area contributed by atoms with E-state index in [9.17, 15) is 5.11 Å². The van der Waals surface area contributed by atoms with E-state index in [-0.39, 0.29) is 0 Å². The number of hydrogen-bond donors (Lipinski definition) is 1. The summed E-state index contributed by atoms with van der Waals surface area (Å²) in [5, 5.41) is 9.97. The molecule has 1 N–H and O–H groups in total. The molecule has 1 aromatic rings. The predicted octanol–water partition coefficient (Wildman–Crippen LogP) is 3.57. The fourth-order valence-electron chi connectivity index (χ4n) is 2.64. The SMILES string of the molecule is O[C@@H](C#CC#CCCc1ccccc1)C1CCCCC1. The number of aliphatic hydroxyl groups is 1. The zero-order valence-electron chi connectivity index (χ0n) is 11.9. The van der Waals surface area contributed by atoms with Crippen molar-refractivity contribution in [2.45, 2.75) is 51.0 Å². The van der Waals surface area contributed by atoms with E-state index < -0.39 is 6.10 Å². The summed E-state index contributed by atoms with van der Waals surface area (Å²) in [7, 11) is 0. The van der Waals surface area contributed by atoms with Crippen molar-refractivity contribution >= 4 is 0 Å². The van der Waals surface area contributed by atoms with Crippen LogP contribution in [0.25, 0.3) is 0 Å². The Hall–Kier alpha value is -1.70. The van der Waals surface area contributed by atoms with Crippen LogP contribution in [0.5, 0.6) is 0 Å². The van der Waals surface area contributed by atoms with Gasteiger partial charge in [-0.25, -0.2) is 0 Å². The van der Waals surface area contributed by atoms with Crippen molar-refractivity contribution in [2.75, 3.05) is 0 Å². The van der Waals surface area contributed by atoms with Crippen molar-refractivity contribution in [3.05, 3.63) is 35.9 Å². The van der Waals surface area contributed by atoms with Crippen LogP contribution in [0.15, 0.2) is 30.3 Å². The van der Waals surface area contributed by atoms with Gasteiger partial charge in [0.15, 0.2) is 0 Å². The van der Waals surface area contributed by atoms with Crippen molar-refractivity contribution in [3.63, 3.8) is 0 Å². The second-order valence-corrected chi connectivity index (χ2v) is 5.40. The van der Waals surface area contributed by atoms with Crippen LogP contribution in [-0.4, -0.2) is 11.2 Å². The van der Waals surface area contributed by atoms with Gasteiger partial charge in [0.25, 0.3) is 0 Å². The molecule has 104 valence electrons. The summed E-state index contributed by atoms with van der Waals surface area (Å²) in [4.78, 5) is 0. The van der Waals surface area contributed by atoms with Gasteiger partial charge in [-0.1, -0.05) is 61.4 Å². The van der Waals surface area contributed by atoms with E-state index in [1.54, 1.807) is 0 Å². The van der Waals surface area contributed by atoms with Gasteiger partial charge in [-0.3, -0.25) is 0 Å². The Morgan fingerprint density at radius 1 is 1.05 bits per heavy atom. The molecule has 1 heteroatoms. The lowest BCUT2D eigenvalue weighted by atomic mass is 9.85. The van der Waals surface area contributed by atoms with Gasteiger partial charge in [0.1, 0.15) is 6.10 Å². The Labute approximate surface area is 122 Å². The normalized spacial score (nSPS) is 16.4. The Balaban J connectivity index is 1.72. The lowest BCUT2D eigenvalue weighted by Crippen LogP contribution is -2.20. The lowest BCUT2D eigenvalue weighted by Gasteiger charge is -2.22. The van der Waals surface area contributed by atoms with Crippen LogP contribution < -0.4 is 0 Å². The Bertz CT molecular complexity index is 503. The molecule has 1 aliphatic carbocycles. The third-order valence-corrected chi connectivity index (χ3v) is 3.85. The van der Waals surface area contributed by atoms with E-state index in [1.165, 1.54) is 24.8 Å². The van der Waals surface area contributed by atoms with Gasteiger partial charge in [-0.2, -0.15) is 0 Å². The molecule has 0 amide bonds. The van der Waals surface area contributed by atoms with Gasteiger partial charge in [0.05, 0.1) is 0 Å². The van der Waals surface area contributed by atoms with Gasteiger partial charge >= 0.3 is 0 Å². The molecule has 0 unspecified atom stereocenters. The molecule has 20 heavy (non-hydrogen) atoms. The molecule has 0 bridgehead atoms. The lowest BCUT2D eigenvalue weighted by molar-refractivity contribution is 0.133. The molecular formula is C19H22O. The minimum absolute atomic E-state index is 0.363. The highest BCUT2D eigenvalue weighted by Gasteiger charge is 2.19. The van der Waals surface area contributed by atoms with Crippen molar-refractivity contribution in [1.29, 1.82) is 0 Å². The second-order valence-electron chi connectivity index (χ2n) is 5.40. The molecule has 1 saturated carbocycles. The second kappa shape index (κ2) is 8.47. The summed E-state index contributed by atoms with van der Waals surface area (Å²) in [5.41, 5.74) is 1.30. The molecule has 1 aliphatic rings. The highest BCUT2D eigenvalue weighted by Crippen LogP contribution is 2.25. The zero-order chi connectivity index (χ0) is 14.0. The fraction of sp³-hybridized carbons (Fsp3) is 0.474. The minimum Gasteiger partial charge on any atom is -0.380 e. The van der Waals surface area contributed by atoms with Gasteiger partial charge in [-0.05, 0) is 42.6 Å². The van der Waals surface area contributed by atoms with Crippen LogP contribution in [0.3, 0.4) is 0 Å². The summed E-state index contributed by atoms with van der Waals surface area (Å²) in [6.07, 6.45) is 7.26. The van der Waals surface area contributed by atoms with Gasteiger partial charge < -0.3 is 5.11 Å². The summed E-state index contributed by atoms with van der Waals surface area (Å²) in [5.74, 6) is 12.0. The van der Waals surface area contributed by atoms with E-state index >= 15 is 0 Å². The Kier molecular flexibility index (Phi) is 6.22. The predicted molar refractivity (Wildman–Crippen MR) is 82.9 cm³/mol. The van der Waals surface area contributed by atoms with Crippen LogP contribution in [0.1, 0.15) is 44.1 Å². The van der Waals surface area contributed by atoms with Gasteiger partial charge in [0.2, 0.25) is 0 Å². The van der Waals surface area contributed by atoms with Crippen LogP contribution in [0.4, 0.5) is 0 Å². The number of rotatable bonds is 3. The first-order chi connectivity index (χ1) is 9.86. The maximum absolute atomic E-state index is 9.97. The van der Waals surface area contributed by atoms with Crippen molar-refractivity contribution in [2.24, 2.45) is 5.92 Å². The van der Waals surface area contributed by atoms with Crippen molar-refractivity contribution in [3.8, 4) is 23.7 Å². The quantitative estimate of drug-likeness (QED) is 0.829. The van der Waals surface area contributed by atoms with Gasteiger partial charge in [-0.15, -0.1) is 0 Å². The smallest absolute Gasteiger partial charge is 0.118 e. The van der Waals surface area contributed by atoms with Crippen molar-refractivity contribution in [1.82, 2.24) is 0 Å². The molecule has 0 spiro atoms. The maximum Gasteiger partial charge on any atom is 0.118 e.